The summed E-state index contributed by atoms with van der Waals surface area (Å²) in [4.78, 5) is 0. The molecule has 1 nitrogen and oxygen atoms in total. The number of hydrogen-bond acceptors (Lipinski definition) is 1. The molecular weight excluding hydrogens is 287 g/mol. The van der Waals surface area contributed by atoms with Gasteiger partial charge in [0.1, 0.15) is 26.2 Å². The van der Waals surface area contributed by atoms with Gasteiger partial charge in [0, 0.05) is 6.07 Å². The molecule has 0 atom stereocenters. The summed E-state index contributed by atoms with van der Waals surface area (Å²) in [6, 6.07) is 4.68. The van der Waals surface area contributed by atoms with Gasteiger partial charge in [0.25, 0.3) is 0 Å². The van der Waals surface area contributed by atoms with Crippen LogP contribution in [-0.2, 0) is 0 Å². The molecule has 0 unspecified atom stereocenters. The minimum absolute atomic E-state index is 0.311. The zero-order chi connectivity index (χ0) is 12.2. The lowest BCUT2D eigenvalue weighted by atomic mass is 10.3. The van der Waals surface area contributed by atoms with Gasteiger partial charge in [-0.2, -0.15) is 0 Å². The molecule has 0 spiro atoms. The van der Waals surface area contributed by atoms with Gasteiger partial charge >= 0.3 is 0 Å². The van der Waals surface area contributed by atoms with E-state index in [2.05, 4.69) is 47.0 Å². The van der Waals surface area contributed by atoms with E-state index in [1.54, 1.807) is 12.1 Å². The van der Waals surface area contributed by atoms with Crippen LogP contribution in [0.5, 0.6) is 5.75 Å². The standard InChI is InChI=1S/C12H14BrFOSi/c1-16(2,3)8-4-7-15-10-5-6-11(13)12(14)9-10/h5-6,9H,7H2,1-3H3. The highest BCUT2D eigenvalue weighted by atomic mass is 79.9. The summed E-state index contributed by atoms with van der Waals surface area (Å²) >= 11 is 3.08. The van der Waals surface area contributed by atoms with E-state index in [1.165, 1.54) is 6.07 Å². The minimum Gasteiger partial charge on any atom is -0.481 e. The topological polar surface area (TPSA) is 9.23 Å². The fraction of sp³-hybridized carbons (Fsp3) is 0.333. The van der Waals surface area contributed by atoms with Crippen LogP contribution < -0.4 is 4.74 Å². The summed E-state index contributed by atoms with van der Waals surface area (Å²) in [7, 11) is -1.34. The van der Waals surface area contributed by atoms with E-state index < -0.39 is 8.07 Å². The Labute approximate surface area is 105 Å². The van der Waals surface area contributed by atoms with Gasteiger partial charge in [-0.15, -0.1) is 5.54 Å². The molecule has 0 saturated heterocycles. The molecule has 0 amide bonds. The molecule has 1 rings (SSSR count). The van der Waals surface area contributed by atoms with Gasteiger partial charge in [-0.1, -0.05) is 25.6 Å². The van der Waals surface area contributed by atoms with Gasteiger partial charge < -0.3 is 4.74 Å². The zero-order valence-corrected chi connectivity index (χ0v) is 12.2. The second-order valence-electron chi connectivity index (χ2n) is 4.42. The van der Waals surface area contributed by atoms with Gasteiger partial charge in [-0.3, -0.25) is 0 Å². The lowest BCUT2D eigenvalue weighted by Crippen LogP contribution is -2.16. The van der Waals surface area contributed by atoms with Crippen molar-refractivity contribution >= 4 is 24.0 Å². The number of halogens is 2. The maximum atomic E-state index is 13.1. The Morgan fingerprint density at radius 2 is 2.06 bits per heavy atom. The third-order valence-corrected chi connectivity index (χ3v) is 3.24. The van der Waals surface area contributed by atoms with Crippen LogP contribution in [0.3, 0.4) is 0 Å². The van der Waals surface area contributed by atoms with Crippen molar-refractivity contribution in [3.05, 3.63) is 28.5 Å². The quantitative estimate of drug-likeness (QED) is 0.595. The highest BCUT2D eigenvalue weighted by molar-refractivity contribution is 9.10. The number of ether oxygens (including phenoxy) is 1. The van der Waals surface area contributed by atoms with Crippen molar-refractivity contribution in [3.8, 4) is 17.2 Å². The van der Waals surface area contributed by atoms with Gasteiger partial charge in [0.15, 0.2) is 0 Å². The average Bonchev–Trinajstić information content (AvgIpc) is 2.17. The molecule has 0 aliphatic heterocycles. The SMILES string of the molecule is C[Si](C)(C)C#CCOc1ccc(Br)c(F)c1. The van der Waals surface area contributed by atoms with E-state index >= 15 is 0 Å². The lowest BCUT2D eigenvalue weighted by molar-refractivity contribution is 0.367. The predicted molar refractivity (Wildman–Crippen MR) is 70.7 cm³/mol. The molecule has 4 heteroatoms. The van der Waals surface area contributed by atoms with Crippen LogP contribution >= 0.6 is 15.9 Å². The van der Waals surface area contributed by atoms with Crippen molar-refractivity contribution in [1.82, 2.24) is 0 Å². The number of hydrogen-bond donors (Lipinski definition) is 0. The van der Waals surface area contributed by atoms with Crippen LogP contribution in [0.2, 0.25) is 19.6 Å². The monoisotopic (exact) mass is 300 g/mol. The predicted octanol–water partition coefficient (Wildman–Crippen LogP) is 3.85. The molecule has 0 bridgehead atoms. The molecule has 0 N–H and O–H groups in total. The molecule has 0 saturated carbocycles. The van der Waals surface area contributed by atoms with E-state index in [9.17, 15) is 4.39 Å². The third kappa shape index (κ3) is 4.82. The molecule has 0 aliphatic rings. The van der Waals surface area contributed by atoms with Gasteiger partial charge in [0.2, 0.25) is 0 Å². The van der Waals surface area contributed by atoms with Crippen molar-refractivity contribution in [2.75, 3.05) is 6.61 Å². The minimum atomic E-state index is -1.34. The highest BCUT2D eigenvalue weighted by Crippen LogP contribution is 2.20. The number of rotatable bonds is 2. The fourth-order valence-corrected chi connectivity index (χ4v) is 1.84. The van der Waals surface area contributed by atoms with E-state index in [4.69, 9.17) is 4.74 Å². The van der Waals surface area contributed by atoms with Crippen LogP contribution in [0.25, 0.3) is 0 Å². The van der Waals surface area contributed by atoms with Crippen LogP contribution in [0.1, 0.15) is 0 Å². The van der Waals surface area contributed by atoms with Crippen molar-refractivity contribution < 1.29 is 9.13 Å². The summed E-state index contributed by atoms with van der Waals surface area (Å²) in [5, 5.41) is 0. The molecule has 0 aliphatic carbocycles. The fourth-order valence-electron chi connectivity index (χ4n) is 0.987. The molecule has 86 valence electrons. The third-order valence-electron chi connectivity index (χ3n) is 1.67. The Hall–Kier alpha value is -0.793. The second kappa shape index (κ2) is 5.51. The van der Waals surface area contributed by atoms with Crippen LogP contribution in [0, 0.1) is 17.3 Å². The lowest BCUT2D eigenvalue weighted by Gasteiger charge is -2.05. The van der Waals surface area contributed by atoms with Gasteiger partial charge in [0.05, 0.1) is 4.47 Å². The van der Waals surface area contributed by atoms with Crippen LogP contribution in [0.4, 0.5) is 4.39 Å². The van der Waals surface area contributed by atoms with E-state index in [0.29, 0.717) is 16.8 Å². The molecule has 0 fully saturated rings. The zero-order valence-electron chi connectivity index (χ0n) is 9.60. The van der Waals surface area contributed by atoms with E-state index in [-0.39, 0.29) is 5.82 Å². The Kier molecular flexibility index (Phi) is 4.57. The molecular formula is C12H14BrFOSi. The average molecular weight is 301 g/mol. The second-order valence-corrected chi connectivity index (χ2v) is 10.0. The molecule has 1 aromatic rings. The Balaban J connectivity index is 2.55. The summed E-state index contributed by atoms with van der Waals surface area (Å²) in [6.45, 7) is 6.81. The van der Waals surface area contributed by atoms with Crippen LogP contribution in [-0.4, -0.2) is 14.7 Å². The first-order valence-electron chi connectivity index (χ1n) is 4.96. The summed E-state index contributed by atoms with van der Waals surface area (Å²) in [6.07, 6.45) is 0. The summed E-state index contributed by atoms with van der Waals surface area (Å²) in [5.74, 6) is 3.14. The van der Waals surface area contributed by atoms with Crippen LogP contribution in [0.15, 0.2) is 22.7 Å². The maximum Gasteiger partial charge on any atom is 0.148 e. The van der Waals surface area contributed by atoms with Gasteiger partial charge in [-0.25, -0.2) is 4.39 Å². The smallest absolute Gasteiger partial charge is 0.148 e. The van der Waals surface area contributed by atoms with Crippen molar-refractivity contribution in [1.29, 1.82) is 0 Å². The van der Waals surface area contributed by atoms with E-state index in [1.807, 2.05) is 0 Å². The first-order chi connectivity index (χ1) is 7.38. The largest absolute Gasteiger partial charge is 0.481 e. The molecule has 0 heterocycles. The maximum absolute atomic E-state index is 13.1. The molecule has 1 aromatic carbocycles. The normalized spacial score (nSPS) is 10.6. The van der Waals surface area contributed by atoms with Gasteiger partial charge in [-0.05, 0) is 28.1 Å². The van der Waals surface area contributed by atoms with Crippen molar-refractivity contribution in [2.45, 2.75) is 19.6 Å². The Bertz CT molecular complexity index is 429. The summed E-state index contributed by atoms with van der Waals surface area (Å²) in [5.41, 5.74) is 3.18. The molecule has 16 heavy (non-hydrogen) atoms. The van der Waals surface area contributed by atoms with Crippen molar-refractivity contribution in [2.24, 2.45) is 0 Å². The molecule has 0 aromatic heterocycles. The number of benzene rings is 1. The highest BCUT2D eigenvalue weighted by Gasteiger charge is 2.07. The first kappa shape index (κ1) is 13.3. The summed E-state index contributed by atoms with van der Waals surface area (Å²) < 4.78 is 18.9. The molecule has 0 radical (unpaired) electrons. The van der Waals surface area contributed by atoms with E-state index in [0.717, 1.165) is 0 Å². The van der Waals surface area contributed by atoms with Crippen molar-refractivity contribution in [3.63, 3.8) is 0 Å². The first-order valence-corrected chi connectivity index (χ1v) is 9.26. The Morgan fingerprint density at radius 1 is 1.38 bits per heavy atom. The Morgan fingerprint density at radius 3 is 2.62 bits per heavy atom.